The lowest BCUT2D eigenvalue weighted by molar-refractivity contribution is -0.121. The number of rotatable bonds is 12. The Morgan fingerprint density at radius 1 is 1.23 bits per heavy atom. The van der Waals surface area contributed by atoms with Crippen LogP contribution in [0.1, 0.15) is 44.1 Å². The predicted octanol–water partition coefficient (Wildman–Crippen LogP) is 2.65. The lowest BCUT2D eigenvalue weighted by Gasteiger charge is -2.26. The van der Waals surface area contributed by atoms with Crippen LogP contribution in [0, 0.1) is 0 Å². The molecule has 1 aliphatic rings. The van der Waals surface area contributed by atoms with Gasteiger partial charge in [0.25, 0.3) is 0 Å². The van der Waals surface area contributed by atoms with E-state index in [1.165, 1.54) is 37.9 Å². The molecule has 0 spiro atoms. The quantitative estimate of drug-likeness (QED) is 0.408. The summed E-state index contributed by atoms with van der Waals surface area (Å²) in [5, 5.41) is 15.0. The Balaban J connectivity index is 1.23. The molecule has 2 aromatic rings. The minimum Gasteiger partial charge on any atom is -0.494 e. The highest BCUT2D eigenvalue weighted by atomic mass is 32.2. The number of nitrogens with zero attached hydrogens (tertiary/aromatic N) is 5. The maximum atomic E-state index is 11.9. The zero-order chi connectivity index (χ0) is 21.0. The molecule has 30 heavy (non-hydrogen) atoms. The van der Waals surface area contributed by atoms with Crippen LogP contribution in [-0.4, -0.2) is 63.0 Å². The van der Waals surface area contributed by atoms with Crippen LogP contribution in [0.25, 0.3) is 0 Å². The number of aryl methyl sites for hydroxylation is 1. The van der Waals surface area contributed by atoms with Crippen LogP contribution in [-0.2, 0) is 18.4 Å². The summed E-state index contributed by atoms with van der Waals surface area (Å²) in [5.41, 5.74) is 1.30. The molecule has 0 saturated carbocycles. The molecule has 9 heteroatoms. The first-order valence-electron chi connectivity index (χ1n) is 10.8. The molecule has 2 heterocycles. The van der Waals surface area contributed by atoms with Crippen molar-refractivity contribution in [1.29, 1.82) is 0 Å². The molecule has 1 aromatic carbocycles. The minimum absolute atomic E-state index is 0.0789. The van der Waals surface area contributed by atoms with Crippen molar-refractivity contribution >= 4 is 17.7 Å². The van der Waals surface area contributed by atoms with Gasteiger partial charge in [0.1, 0.15) is 5.75 Å². The van der Waals surface area contributed by atoms with Gasteiger partial charge in [0, 0.05) is 32.3 Å². The van der Waals surface area contributed by atoms with Crippen molar-refractivity contribution in [2.24, 2.45) is 7.05 Å². The first kappa shape index (κ1) is 22.6. The van der Waals surface area contributed by atoms with Gasteiger partial charge in [-0.2, -0.15) is 0 Å². The average molecular weight is 433 g/mol. The summed E-state index contributed by atoms with van der Waals surface area (Å²) >= 11 is 1.56. The molecule has 0 radical (unpaired) electrons. The topological polar surface area (TPSA) is 85.2 Å². The zero-order valence-corrected chi connectivity index (χ0v) is 18.6. The molecule has 1 fully saturated rings. The maximum Gasteiger partial charge on any atom is 0.220 e. The number of hydrogen-bond donors (Lipinski definition) is 1. The van der Waals surface area contributed by atoms with E-state index in [9.17, 15) is 4.79 Å². The summed E-state index contributed by atoms with van der Waals surface area (Å²) in [5.74, 6) is 1.81. The third kappa shape index (κ3) is 7.95. The Morgan fingerprint density at radius 2 is 2.10 bits per heavy atom. The molecule has 8 nitrogen and oxygen atoms in total. The van der Waals surface area contributed by atoms with Gasteiger partial charge in [-0.15, -0.1) is 5.10 Å². The first-order valence-corrected chi connectivity index (χ1v) is 11.8. The Morgan fingerprint density at radius 3 is 2.90 bits per heavy atom. The third-order valence-corrected chi connectivity index (χ3v) is 6.12. The molecule has 3 rings (SSSR count). The number of carbonyl (C=O) groups is 1. The maximum absolute atomic E-state index is 11.9. The molecule has 1 aromatic heterocycles. The summed E-state index contributed by atoms with van der Waals surface area (Å²) in [6, 6.07) is 8.37. The third-order valence-electron chi connectivity index (χ3n) is 5.03. The number of aromatic nitrogens is 4. The van der Waals surface area contributed by atoms with Gasteiger partial charge < -0.3 is 10.1 Å². The van der Waals surface area contributed by atoms with Crippen LogP contribution in [0.3, 0.4) is 0 Å². The van der Waals surface area contributed by atoms with Gasteiger partial charge in [-0.3, -0.25) is 9.69 Å². The fourth-order valence-electron chi connectivity index (χ4n) is 3.43. The number of carbonyl (C=O) groups excluding carboxylic acids is 1. The van der Waals surface area contributed by atoms with Gasteiger partial charge in [0.2, 0.25) is 11.1 Å². The largest absolute Gasteiger partial charge is 0.494 e. The molecule has 164 valence electrons. The number of amides is 1. The molecule has 0 atom stereocenters. The van der Waals surface area contributed by atoms with Crippen LogP contribution in [0.5, 0.6) is 5.75 Å². The number of ether oxygens (including phenoxy) is 1. The van der Waals surface area contributed by atoms with Crippen molar-refractivity contribution in [2.45, 2.75) is 50.2 Å². The second-order valence-electron chi connectivity index (χ2n) is 7.57. The second kappa shape index (κ2) is 12.5. The van der Waals surface area contributed by atoms with E-state index in [4.69, 9.17) is 4.74 Å². The fourth-order valence-corrected chi connectivity index (χ4v) is 4.22. The van der Waals surface area contributed by atoms with Gasteiger partial charge in [-0.05, 0) is 66.9 Å². The van der Waals surface area contributed by atoms with Crippen molar-refractivity contribution in [1.82, 2.24) is 30.4 Å². The molecular formula is C21H32N6O2S. The molecule has 0 aliphatic carbocycles. The molecule has 1 amide bonds. The van der Waals surface area contributed by atoms with Crippen molar-refractivity contribution in [3.63, 3.8) is 0 Å². The molecule has 1 aliphatic heterocycles. The number of piperidine rings is 1. The Hall–Kier alpha value is -2.13. The number of thioether (sulfide) groups is 1. The van der Waals surface area contributed by atoms with Crippen molar-refractivity contribution in [3.8, 4) is 5.75 Å². The summed E-state index contributed by atoms with van der Waals surface area (Å²) < 4.78 is 7.51. The fraction of sp³-hybridized carbons (Fsp3) is 0.619. The number of nitrogens with one attached hydrogen (secondary N) is 1. The summed E-state index contributed by atoms with van der Waals surface area (Å²) in [7, 11) is 1.81. The van der Waals surface area contributed by atoms with E-state index < -0.39 is 0 Å². The lowest BCUT2D eigenvalue weighted by Crippen LogP contribution is -2.29. The van der Waals surface area contributed by atoms with Crippen molar-refractivity contribution in [2.75, 3.05) is 32.0 Å². The van der Waals surface area contributed by atoms with Crippen LogP contribution in [0.15, 0.2) is 29.4 Å². The van der Waals surface area contributed by atoms with Crippen LogP contribution in [0.2, 0.25) is 0 Å². The minimum atomic E-state index is 0.0789. The normalized spacial score (nSPS) is 14.6. The van der Waals surface area contributed by atoms with E-state index in [0.717, 1.165) is 36.0 Å². The summed E-state index contributed by atoms with van der Waals surface area (Å²) in [6.07, 6.45) is 6.07. The van der Waals surface area contributed by atoms with Gasteiger partial charge in [-0.1, -0.05) is 30.3 Å². The average Bonchev–Trinajstić information content (AvgIpc) is 3.17. The number of likely N-dealkylation sites (tertiary alicyclic amines) is 1. The summed E-state index contributed by atoms with van der Waals surface area (Å²) in [6.45, 7) is 4.62. The molecule has 0 unspecified atom stereocenters. The van der Waals surface area contributed by atoms with Crippen molar-refractivity contribution < 1.29 is 9.53 Å². The van der Waals surface area contributed by atoms with Crippen LogP contribution in [0.4, 0.5) is 0 Å². The number of hydrogen-bond acceptors (Lipinski definition) is 7. The lowest BCUT2D eigenvalue weighted by atomic mass is 10.1. The Kier molecular flexibility index (Phi) is 9.43. The highest BCUT2D eigenvalue weighted by Crippen LogP contribution is 2.18. The highest BCUT2D eigenvalue weighted by Gasteiger charge is 2.10. The Labute approximate surface area is 182 Å². The van der Waals surface area contributed by atoms with E-state index >= 15 is 0 Å². The standard InChI is InChI=1S/C21H32N6O2S/c1-26-21(23-24-25-26)30-15-6-10-20(28)22-11-7-14-29-19-9-5-8-18(16-19)17-27-12-3-2-4-13-27/h5,8-9,16H,2-4,6-7,10-15,17H2,1H3,(H,22,28). The van der Waals surface area contributed by atoms with E-state index in [0.29, 0.717) is 19.6 Å². The number of benzene rings is 1. The number of tetrazole rings is 1. The van der Waals surface area contributed by atoms with Gasteiger partial charge in [0.05, 0.1) is 6.61 Å². The van der Waals surface area contributed by atoms with Gasteiger partial charge >= 0.3 is 0 Å². The van der Waals surface area contributed by atoms with Gasteiger partial charge in [-0.25, -0.2) is 4.68 Å². The van der Waals surface area contributed by atoms with E-state index in [-0.39, 0.29) is 5.91 Å². The molecule has 0 bridgehead atoms. The molecule has 1 saturated heterocycles. The Bertz CT molecular complexity index is 778. The van der Waals surface area contributed by atoms with E-state index in [1.54, 1.807) is 16.4 Å². The highest BCUT2D eigenvalue weighted by molar-refractivity contribution is 7.99. The zero-order valence-electron chi connectivity index (χ0n) is 17.8. The van der Waals surface area contributed by atoms with E-state index in [2.05, 4.69) is 43.9 Å². The first-order chi connectivity index (χ1) is 14.7. The summed E-state index contributed by atoms with van der Waals surface area (Å²) in [4.78, 5) is 14.4. The predicted molar refractivity (Wildman–Crippen MR) is 117 cm³/mol. The molecule has 1 N–H and O–H groups in total. The van der Waals surface area contributed by atoms with Gasteiger partial charge in [0.15, 0.2) is 0 Å². The molecular weight excluding hydrogens is 400 g/mol. The smallest absolute Gasteiger partial charge is 0.220 e. The monoisotopic (exact) mass is 432 g/mol. The van der Waals surface area contributed by atoms with Crippen LogP contribution >= 0.6 is 11.8 Å². The SMILES string of the molecule is Cn1nnnc1SCCCC(=O)NCCCOc1cccc(CN2CCCCC2)c1. The van der Waals surface area contributed by atoms with Crippen LogP contribution < -0.4 is 10.1 Å². The second-order valence-corrected chi connectivity index (χ2v) is 8.64. The van der Waals surface area contributed by atoms with Crippen molar-refractivity contribution in [3.05, 3.63) is 29.8 Å². The van der Waals surface area contributed by atoms with E-state index in [1.807, 2.05) is 13.1 Å².